The second-order valence-corrected chi connectivity index (χ2v) is 21.6. The Hall–Kier alpha value is -5.07. The molecule has 9 bridgehead atoms. The summed E-state index contributed by atoms with van der Waals surface area (Å²) in [7, 11) is 1.43. The number of aryl methyl sites for hydroxylation is 1. The van der Waals surface area contributed by atoms with E-state index in [-0.39, 0.29) is 87.2 Å². The van der Waals surface area contributed by atoms with Crippen LogP contribution in [0, 0.1) is 23.7 Å². The maximum atomic E-state index is 15.7. The van der Waals surface area contributed by atoms with E-state index in [0.717, 1.165) is 48.8 Å². The number of hydrogen-bond acceptors (Lipinski definition) is 13. The lowest BCUT2D eigenvalue weighted by atomic mass is 9.66. The van der Waals surface area contributed by atoms with Crippen molar-refractivity contribution in [1.82, 2.24) is 0 Å². The Morgan fingerprint density at radius 3 is 2.45 bits per heavy atom. The third-order valence-corrected chi connectivity index (χ3v) is 16.7. The fourth-order valence-corrected chi connectivity index (χ4v) is 12.6. The number of ether oxygens (including phenoxy) is 3. The highest BCUT2D eigenvalue weighted by molar-refractivity contribution is 5.90. The zero-order chi connectivity index (χ0) is 50.2. The summed E-state index contributed by atoms with van der Waals surface area (Å²) in [5.74, 6) is 3.69. The summed E-state index contributed by atoms with van der Waals surface area (Å²) in [6.07, 6.45) is 4.07. The molecule has 7 N–H and O–H groups in total. The molecule has 9 rings (SSSR count). The number of carbonyl (C=O) groups is 3. The summed E-state index contributed by atoms with van der Waals surface area (Å²) in [4.78, 5) is 43.3. The van der Waals surface area contributed by atoms with E-state index in [4.69, 9.17) is 14.2 Å². The van der Waals surface area contributed by atoms with Gasteiger partial charge in [-0.25, -0.2) is 4.79 Å². The van der Waals surface area contributed by atoms with Gasteiger partial charge in [0.25, 0.3) is 0 Å². The van der Waals surface area contributed by atoms with E-state index in [2.05, 4.69) is 35.4 Å². The van der Waals surface area contributed by atoms with Crippen molar-refractivity contribution in [2.24, 2.45) is 11.8 Å². The van der Waals surface area contributed by atoms with Gasteiger partial charge >= 0.3 is 11.9 Å². The van der Waals surface area contributed by atoms with E-state index in [0.29, 0.717) is 83.4 Å². The summed E-state index contributed by atoms with van der Waals surface area (Å²) in [6.45, 7) is 2.92. The number of aliphatic hydroxyl groups is 5. The molecule has 3 aliphatic heterocycles. The first-order chi connectivity index (χ1) is 34.1. The molecule has 3 heterocycles. The second kappa shape index (κ2) is 21.2. The summed E-state index contributed by atoms with van der Waals surface area (Å²) in [6, 6.07) is 13.4. The van der Waals surface area contributed by atoms with Crippen LogP contribution >= 0.6 is 0 Å². The zero-order valence-corrected chi connectivity index (χ0v) is 41.4. The lowest BCUT2D eigenvalue weighted by Crippen LogP contribution is -2.54. The van der Waals surface area contributed by atoms with Crippen molar-refractivity contribution in [3.05, 3.63) is 98.1 Å². The zero-order valence-electron chi connectivity index (χ0n) is 41.4. The number of phenols is 1. The number of aliphatic hydroxyl groups excluding tert-OH is 3. The number of fused-ring (bicyclic) bond motifs is 9. The summed E-state index contributed by atoms with van der Waals surface area (Å²) in [5, 5.41) is 74.3. The molecule has 3 aromatic rings. The van der Waals surface area contributed by atoms with Gasteiger partial charge in [-0.2, -0.15) is 0 Å². The molecule has 2 fully saturated rings. The van der Waals surface area contributed by atoms with Gasteiger partial charge in [-0.1, -0.05) is 68.7 Å². The molecule has 9 atom stereocenters. The fourth-order valence-electron chi connectivity index (χ4n) is 12.6. The highest BCUT2D eigenvalue weighted by atomic mass is 16.6. The number of rotatable bonds is 11. The average molecular weight is 974 g/mol. The Morgan fingerprint density at radius 2 is 1.69 bits per heavy atom. The Morgan fingerprint density at radius 1 is 0.901 bits per heavy atom. The third-order valence-electron chi connectivity index (χ3n) is 16.7. The maximum absolute atomic E-state index is 15.7. The highest BCUT2D eigenvalue weighted by Crippen LogP contribution is 2.51. The van der Waals surface area contributed by atoms with E-state index in [1.807, 2.05) is 19.1 Å². The predicted octanol–water partition coefficient (Wildman–Crippen LogP) is 7.06. The molecule has 0 unspecified atom stereocenters. The van der Waals surface area contributed by atoms with Gasteiger partial charge < -0.3 is 50.2 Å². The summed E-state index contributed by atoms with van der Waals surface area (Å²) >= 11 is 0. The number of esters is 2. The molecule has 3 aliphatic carbocycles. The first-order valence-corrected chi connectivity index (χ1v) is 26.0. The number of aromatic hydroxyl groups is 1. The fraction of sp³-hybridized carbons (Fsp3) is 0.569. The van der Waals surface area contributed by atoms with Crippen molar-refractivity contribution < 1.29 is 59.2 Å². The number of phenolic OH excluding ortho intramolecular Hbond substituents is 1. The van der Waals surface area contributed by atoms with E-state index >= 15 is 4.79 Å². The molecule has 71 heavy (non-hydrogen) atoms. The molecular formula is C58H71NO12. The van der Waals surface area contributed by atoms with Crippen molar-refractivity contribution in [3.63, 3.8) is 0 Å². The van der Waals surface area contributed by atoms with Gasteiger partial charge in [-0.15, -0.1) is 0 Å². The SMILES string of the molecule is CCC[C@]1(O)[C@H]2CCC(=O)[C@@H](Cc3ccc4c(c3)C[C@@H](O)/C(=C3/C[C@@H](c5cc(CO)cc(NC[C@@](C)(O)[C@H](O)COC)c5)C#C[C@H]5CC(=O)Oc6c5cc(c(O)c6C5CCCCC5)C[C@H]1OC3=O)CC4)C2. The number of methoxy groups -OCH3 is 1. The number of ketones is 1. The van der Waals surface area contributed by atoms with Gasteiger partial charge in [0.2, 0.25) is 0 Å². The molecule has 0 radical (unpaired) electrons. The number of benzene rings is 3. The molecule has 3 aromatic carbocycles. The van der Waals surface area contributed by atoms with Gasteiger partial charge in [-0.05, 0) is 134 Å². The van der Waals surface area contributed by atoms with Crippen molar-refractivity contribution in [2.75, 3.05) is 25.6 Å². The first kappa shape index (κ1) is 50.9. The smallest absolute Gasteiger partial charge is 0.334 e. The monoisotopic (exact) mass is 973 g/mol. The number of hydrogen-bond donors (Lipinski definition) is 7. The molecule has 0 aromatic heterocycles. The maximum Gasteiger partial charge on any atom is 0.334 e. The van der Waals surface area contributed by atoms with Crippen LogP contribution < -0.4 is 10.1 Å². The van der Waals surface area contributed by atoms with Crippen LogP contribution in [0.5, 0.6) is 11.5 Å². The Balaban J connectivity index is 1.27. The Labute approximate surface area is 417 Å². The topological polar surface area (TPSA) is 212 Å². The van der Waals surface area contributed by atoms with Crippen molar-refractivity contribution >= 4 is 23.4 Å². The van der Waals surface area contributed by atoms with Crippen LogP contribution in [-0.2, 0) is 56.1 Å². The van der Waals surface area contributed by atoms with E-state index in [9.17, 15) is 40.2 Å². The predicted molar refractivity (Wildman–Crippen MR) is 266 cm³/mol. The molecular weight excluding hydrogens is 903 g/mol. The molecule has 0 spiro atoms. The van der Waals surface area contributed by atoms with Crippen molar-refractivity contribution in [1.29, 1.82) is 0 Å². The lowest BCUT2D eigenvalue weighted by Gasteiger charge is -2.45. The lowest BCUT2D eigenvalue weighted by molar-refractivity contribution is -0.176. The van der Waals surface area contributed by atoms with Gasteiger partial charge in [0, 0.05) is 67.1 Å². The minimum atomic E-state index is -1.65. The molecule has 2 saturated carbocycles. The number of anilines is 1. The number of Topliss-reactive ketones (excluding diaryl/α,β-unsaturated/α-hetero) is 1. The van der Waals surface area contributed by atoms with E-state index in [1.165, 1.54) is 14.0 Å². The quantitative estimate of drug-likeness (QED) is 0.0584. The van der Waals surface area contributed by atoms with Crippen LogP contribution in [0.4, 0.5) is 5.69 Å². The largest absolute Gasteiger partial charge is 0.507 e. The van der Waals surface area contributed by atoms with Gasteiger partial charge in [-0.3, -0.25) is 9.59 Å². The van der Waals surface area contributed by atoms with Gasteiger partial charge in [0.15, 0.2) is 0 Å². The van der Waals surface area contributed by atoms with E-state index in [1.54, 1.807) is 12.1 Å². The third kappa shape index (κ3) is 10.6. The van der Waals surface area contributed by atoms with Crippen LogP contribution in [0.3, 0.4) is 0 Å². The molecule has 13 heteroatoms. The van der Waals surface area contributed by atoms with Crippen molar-refractivity contribution in [2.45, 2.75) is 177 Å². The number of carbonyl (C=O) groups excluding carboxylic acids is 3. The highest BCUT2D eigenvalue weighted by Gasteiger charge is 2.50. The van der Waals surface area contributed by atoms with Crippen LogP contribution in [0.2, 0.25) is 0 Å². The average Bonchev–Trinajstić information content (AvgIpc) is 3.50. The molecule has 13 nitrogen and oxygen atoms in total. The Bertz CT molecular complexity index is 2620. The normalized spacial score (nSPS) is 29.2. The Kier molecular flexibility index (Phi) is 15.2. The summed E-state index contributed by atoms with van der Waals surface area (Å²) in [5.41, 5.74) is 3.61. The van der Waals surface area contributed by atoms with Gasteiger partial charge in [0.05, 0.1) is 31.7 Å². The van der Waals surface area contributed by atoms with Crippen LogP contribution in [0.25, 0.3) is 0 Å². The molecule has 380 valence electrons. The van der Waals surface area contributed by atoms with Crippen LogP contribution in [0.1, 0.15) is 160 Å². The second-order valence-electron chi connectivity index (χ2n) is 21.6. The molecule has 6 aliphatic rings. The van der Waals surface area contributed by atoms with Crippen LogP contribution in [0.15, 0.2) is 53.6 Å². The van der Waals surface area contributed by atoms with Crippen molar-refractivity contribution in [3.8, 4) is 23.3 Å². The first-order valence-electron chi connectivity index (χ1n) is 26.0. The van der Waals surface area contributed by atoms with E-state index < -0.39 is 59.2 Å². The summed E-state index contributed by atoms with van der Waals surface area (Å²) < 4.78 is 18.1. The van der Waals surface area contributed by atoms with Crippen LogP contribution in [-0.4, -0.2) is 98.1 Å². The molecule has 0 saturated heterocycles. The minimum Gasteiger partial charge on any atom is -0.507 e. The van der Waals surface area contributed by atoms with Gasteiger partial charge in [0.1, 0.15) is 40.7 Å². The molecule has 0 amide bonds. The number of nitrogens with one attached hydrogen (secondary N) is 1. The standard InChI is InChI=1S/C58H71NO12/c1-4-18-58(68)43-15-17-48(61)41(23-43)20-33-10-11-35-14-16-45(49(62)27-40(35)19-33)47-25-37(39-21-34(30-60)22-44(24-39)59-32-57(2,67)50(63)31-69-3)12-13-38-29-52(64)71-55-46(38)26-42(28-51(58)70-56(47)66)54(65)53(55)36-8-6-5-7-9-36/h10-11,19,21-22,24,26,36-38,41,43,49-51,59-60,62-63,65,67-68H,4-9,14-18,20,23,25,27-32H2,1-3H3/b47-45-/t37-,38-,41-,43-,49+,50+,51+,57+,58-/m0/s1. The minimum absolute atomic E-state index is 0.0468.